The molecule has 9 heteroatoms. The van der Waals surface area contributed by atoms with Crippen LogP contribution >= 0.6 is 0 Å². The molecule has 5 rings (SSSR count). The standard InChI is InChI=1S/C20H19N9/c1-13-11-22-29(25-13)17-10-18(24-20-15(17)12-21-28(20)3)23-19-9-16(26-27(19)2)14-7-5-4-6-8-14/h4-12H,1-3H3,(H,23,24). The number of hydrogen-bond acceptors (Lipinski definition) is 6. The lowest BCUT2D eigenvalue weighted by atomic mass is 10.1. The van der Waals surface area contributed by atoms with E-state index in [-0.39, 0.29) is 0 Å². The summed E-state index contributed by atoms with van der Waals surface area (Å²) >= 11 is 0. The van der Waals surface area contributed by atoms with Crippen molar-refractivity contribution in [3.05, 3.63) is 60.6 Å². The van der Waals surface area contributed by atoms with Crippen LogP contribution in [0.1, 0.15) is 5.69 Å². The fraction of sp³-hybridized carbons (Fsp3) is 0.150. The summed E-state index contributed by atoms with van der Waals surface area (Å²) in [5, 5.41) is 22.0. The second-order valence-electron chi connectivity index (χ2n) is 6.84. The van der Waals surface area contributed by atoms with Crippen molar-refractivity contribution in [2.75, 3.05) is 5.32 Å². The highest BCUT2D eigenvalue weighted by Gasteiger charge is 2.15. The molecule has 0 saturated carbocycles. The number of aryl methyl sites for hydroxylation is 3. The zero-order valence-electron chi connectivity index (χ0n) is 16.3. The van der Waals surface area contributed by atoms with Gasteiger partial charge in [0.25, 0.3) is 0 Å². The number of benzene rings is 1. The van der Waals surface area contributed by atoms with Crippen LogP contribution in [-0.2, 0) is 14.1 Å². The van der Waals surface area contributed by atoms with Gasteiger partial charge in [-0.15, -0.1) is 0 Å². The maximum absolute atomic E-state index is 4.73. The van der Waals surface area contributed by atoms with Gasteiger partial charge in [0.1, 0.15) is 17.3 Å². The lowest BCUT2D eigenvalue weighted by molar-refractivity contribution is 0.749. The van der Waals surface area contributed by atoms with Crippen molar-refractivity contribution in [1.29, 1.82) is 0 Å². The summed E-state index contributed by atoms with van der Waals surface area (Å²) in [6.07, 6.45) is 3.50. The molecule has 0 aliphatic heterocycles. The Bertz CT molecular complexity index is 1310. The summed E-state index contributed by atoms with van der Waals surface area (Å²) in [5.41, 5.74) is 4.34. The van der Waals surface area contributed by atoms with Crippen LogP contribution < -0.4 is 5.32 Å². The Morgan fingerprint density at radius 3 is 2.48 bits per heavy atom. The smallest absolute Gasteiger partial charge is 0.162 e. The number of aromatic nitrogens is 8. The summed E-state index contributed by atoms with van der Waals surface area (Å²) in [6.45, 7) is 1.91. The number of nitrogens with one attached hydrogen (secondary N) is 1. The third-order valence-electron chi connectivity index (χ3n) is 4.71. The minimum atomic E-state index is 0.661. The predicted octanol–water partition coefficient (Wildman–Crippen LogP) is 3.00. The quantitative estimate of drug-likeness (QED) is 0.511. The largest absolute Gasteiger partial charge is 0.325 e. The van der Waals surface area contributed by atoms with Crippen LogP contribution in [0.25, 0.3) is 28.0 Å². The Balaban J connectivity index is 1.58. The molecule has 0 spiro atoms. The average molecular weight is 385 g/mol. The van der Waals surface area contributed by atoms with Crippen LogP contribution in [0.15, 0.2) is 54.9 Å². The van der Waals surface area contributed by atoms with Gasteiger partial charge in [-0.25, -0.2) is 4.98 Å². The molecule has 0 bridgehead atoms. The van der Waals surface area contributed by atoms with Crippen molar-refractivity contribution in [1.82, 2.24) is 39.5 Å². The molecular weight excluding hydrogens is 366 g/mol. The molecule has 0 atom stereocenters. The summed E-state index contributed by atoms with van der Waals surface area (Å²) in [5.74, 6) is 1.49. The molecule has 0 unspecified atom stereocenters. The molecule has 4 aromatic heterocycles. The molecule has 144 valence electrons. The van der Waals surface area contributed by atoms with Crippen LogP contribution in [0, 0.1) is 6.92 Å². The Morgan fingerprint density at radius 1 is 0.897 bits per heavy atom. The normalized spacial score (nSPS) is 11.3. The van der Waals surface area contributed by atoms with Gasteiger partial charge in [0.05, 0.1) is 29.2 Å². The summed E-state index contributed by atoms with van der Waals surface area (Å²) in [6, 6.07) is 14.0. The number of pyridine rings is 1. The highest BCUT2D eigenvalue weighted by Crippen LogP contribution is 2.27. The fourth-order valence-electron chi connectivity index (χ4n) is 3.25. The van der Waals surface area contributed by atoms with Gasteiger partial charge in [-0.2, -0.15) is 25.2 Å². The number of anilines is 2. The number of nitrogens with zero attached hydrogens (tertiary/aromatic N) is 8. The fourth-order valence-corrected chi connectivity index (χ4v) is 3.25. The molecule has 29 heavy (non-hydrogen) atoms. The third kappa shape index (κ3) is 3.02. The first-order valence-electron chi connectivity index (χ1n) is 9.17. The zero-order valence-corrected chi connectivity index (χ0v) is 16.3. The summed E-state index contributed by atoms with van der Waals surface area (Å²) in [7, 11) is 3.76. The first-order chi connectivity index (χ1) is 14.1. The first-order valence-corrected chi connectivity index (χ1v) is 9.17. The second-order valence-corrected chi connectivity index (χ2v) is 6.84. The van der Waals surface area contributed by atoms with Gasteiger partial charge < -0.3 is 5.32 Å². The zero-order chi connectivity index (χ0) is 20.0. The van der Waals surface area contributed by atoms with Crippen molar-refractivity contribution >= 4 is 22.7 Å². The Labute approximate surface area is 166 Å². The van der Waals surface area contributed by atoms with Crippen molar-refractivity contribution in [3.8, 4) is 16.9 Å². The van der Waals surface area contributed by atoms with Crippen LogP contribution in [0.5, 0.6) is 0 Å². The van der Waals surface area contributed by atoms with Gasteiger partial charge in [-0.3, -0.25) is 9.36 Å². The van der Waals surface area contributed by atoms with Crippen molar-refractivity contribution < 1.29 is 0 Å². The van der Waals surface area contributed by atoms with Crippen molar-refractivity contribution in [3.63, 3.8) is 0 Å². The van der Waals surface area contributed by atoms with Gasteiger partial charge in [-0.05, 0) is 6.92 Å². The molecule has 5 aromatic rings. The van der Waals surface area contributed by atoms with Gasteiger partial charge in [0.2, 0.25) is 0 Å². The van der Waals surface area contributed by atoms with E-state index in [2.05, 4.69) is 25.7 Å². The number of rotatable bonds is 4. The third-order valence-corrected chi connectivity index (χ3v) is 4.71. The topological polar surface area (TPSA) is 91.3 Å². The van der Waals surface area contributed by atoms with Crippen molar-refractivity contribution in [2.24, 2.45) is 14.1 Å². The highest BCUT2D eigenvalue weighted by atomic mass is 15.5. The van der Waals surface area contributed by atoms with Crippen LogP contribution in [-0.4, -0.2) is 39.5 Å². The van der Waals surface area contributed by atoms with E-state index in [1.54, 1.807) is 26.6 Å². The van der Waals surface area contributed by atoms with Crippen LogP contribution in [0.4, 0.5) is 11.6 Å². The van der Waals surface area contributed by atoms with Crippen LogP contribution in [0.3, 0.4) is 0 Å². The van der Waals surface area contributed by atoms with E-state index >= 15 is 0 Å². The van der Waals surface area contributed by atoms with E-state index < -0.39 is 0 Å². The molecule has 9 nitrogen and oxygen atoms in total. The van der Waals surface area contributed by atoms with E-state index in [1.165, 1.54) is 0 Å². The second kappa shape index (κ2) is 6.55. The molecule has 0 radical (unpaired) electrons. The molecule has 0 aliphatic rings. The Morgan fingerprint density at radius 2 is 1.72 bits per heavy atom. The van der Waals surface area contributed by atoms with Crippen LogP contribution in [0.2, 0.25) is 0 Å². The van der Waals surface area contributed by atoms with Gasteiger partial charge >= 0.3 is 0 Å². The molecule has 0 aliphatic carbocycles. The molecule has 1 aromatic carbocycles. The lowest BCUT2D eigenvalue weighted by Gasteiger charge is -2.09. The van der Waals surface area contributed by atoms with Crippen molar-refractivity contribution in [2.45, 2.75) is 6.92 Å². The van der Waals surface area contributed by atoms with E-state index in [0.29, 0.717) is 5.82 Å². The van der Waals surface area contributed by atoms with Gasteiger partial charge in [0, 0.05) is 31.8 Å². The number of fused-ring (bicyclic) bond motifs is 1. The SMILES string of the molecule is Cc1cnn(-c2cc(Nc3cc(-c4ccccc4)nn3C)nc3c2cnn3C)n1. The highest BCUT2D eigenvalue weighted by molar-refractivity contribution is 5.86. The van der Waals surface area contributed by atoms with E-state index in [0.717, 1.165) is 39.5 Å². The van der Waals surface area contributed by atoms with Gasteiger partial charge in [-0.1, -0.05) is 30.3 Å². The molecule has 4 heterocycles. The lowest BCUT2D eigenvalue weighted by Crippen LogP contribution is -2.05. The Kier molecular flexibility index (Phi) is 3.87. The number of hydrogen-bond donors (Lipinski definition) is 1. The Hall–Kier alpha value is -4.01. The molecule has 0 fully saturated rings. The maximum atomic E-state index is 4.73. The molecule has 0 saturated heterocycles. The van der Waals surface area contributed by atoms with Gasteiger partial charge in [0.15, 0.2) is 5.65 Å². The average Bonchev–Trinajstić information content (AvgIpc) is 3.42. The first kappa shape index (κ1) is 17.1. The summed E-state index contributed by atoms with van der Waals surface area (Å²) < 4.78 is 3.53. The molecule has 1 N–H and O–H groups in total. The minimum Gasteiger partial charge on any atom is -0.325 e. The maximum Gasteiger partial charge on any atom is 0.162 e. The summed E-state index contributed by atoms with van der Waals surface area (Å²) in [4.78, 5) is 6.33. The molecule has 0 amide bonds. The monoisotopic (exact) mass is 385 g/mol. The molecular formula is C20H19N9. The van der Waals surface area contributed by atoms with E-state index in [9.17, 15) is 0 Å². The van der Waals surface area contributed by atoms with E-state index in [4.69, 9.17) is 4.98 Å². The minimum absolute atomic E-state index is 0.661. The van der Waals surface area contributed by atoms with E-state index in [1.807, 2.05) is 63.5 Å². The predicted molar refractivity (Wildman–Crippen MR) is 110 cm³/mol.